The van der Waals surface area contributed by atoms with Crippen LogP contribution in [0.25, 0.3) is 0 Å². The summed E-state index contributed by atoms with van der Waals surface area (Å²) in [5.41, 5.74) is 1.70. The van der Waals surface area contributed by atoms with Gasteiger partial charge >= 0.3 is 5.97 Å². The van der Waals surface area contributed by atoms with Crippen molar-refractivity contribution in [1.82, 2.24) is 14.1 Å². The van der Waals surface area contributed by atoms with Crippen molar-refractivity contribution in [2.24, 2.45) is 7.05 Å². The predicted octanol–water partition coefficient (Wildman–Crippen LogP) is 1.34. The van der Waals surface area contributed by atoms with Crippen molar-refractivity contribution in [1.29, 1.82) is 0 Å². The zero-order valence-electron chi connectivity index (χ0n) is 13.6. The number of nitrogens with zero attached hydrogens (tertiary/aromatic N) is 3. The standard InChI is InChI=1S/C16H19N3O4S/c1-3-23-16(20)15-13-11-19(10-9-14(13)18(2)17-15)24(21,22)12-7-5-4-6-8-12/h4-8H,3,9-11H2,1-2H3. The average molecular weight is 349 g/mol. The second-order valence-corrected chi connectivity index (χ2v) is 7.46. The zero-order chi connectivity index (χ0) is 17.3. The Kier molecular flexibility index (Phi) is 4.42. The maximum Gasteiger partial charge on any atom is 0.359 e. The third-order valence-electron chi connectivity index (χ3n) is 4.06. The minimum absolute atomic E-state index is 0.120. The molecular weight excluding hydrogens is 330 g/mol. The third kappa shape index (κ3) is 2.83. The Hall–Kier alpha value is -2.19. The molecule has 3 rings (SSSR count). The van der Waals surface area contributed by atoms with Crippen LogP contribution in [0.2, 0.25) is 0 Å². The van der Waals surface area contributed by atoms with E-state index in [-0.39, 0.29) is 23.7 Å². The molecule has 0 fully saturated rings. The molecule has 1 aromatic carbocycles. The van der Waals surface area contributed by atoms with E-state index in [4.69, 9.17) is 4.74 Å². The van der Waals surface area contributed by atoms with Crippen molar-refractivity contribution in [2.45, 2.75) is 24.8 Å². The monoisotopic (exact) mass is 349 g/mol. The smallest absolute Gasteiger partial charge is 0.359 e. The van der Waals surface area contributed by atoms with E-state index in [1.54, 1.807) is 49.0 Å². The van der Waals surface area contributed by atoms with Gasteiger partial charge in [0, 0.05) is 37.8 Å². The maximum absolute atomic E-state index is 12.8. The fourth-order valence-electron chi connectivity index (χ4n) is 2.88. The average Bonchev–Trinajstić information content (AvgIpc) is 2.92. The van der Waals surface area contributed by atoms with Gasteiger partial charge in [0.25, 0.3) is 0 Å². The number of fused-ring (bicyclic) bond motifs is 1. The number of sulfonamides is 1. The van der Waals surface area contributed by atoms with Crippen LogP contribution in [0, 0.1) is 0 Å². The number of carbonyl (C=O) groups is 1. The van der Waals surface area contributed by atoms with E-state index in [0.29, 0.717) is 18.5 Å². The maximum atomic E-state index is 12.8. The summed E-state index contributed by atoms with van der Waals surface area (Å²) in [4.78, 5) is 12.3. The summed E-state index contributed by atoms with van der Waals surface area (Å²) in [6.45, 7) is 2.44. The predicted molar refractivity (Wildman–Crippen MR) is 86.9 cm³/mol. The Balaban J connectivity index is 1.96. The highest BCUT2D eigenvalue weighted by atomic mass is 32.2. The molecule has 1 aliphatic heterocycles. The summed E-state index contributed by atoms with van der Waals surface area (Å²) >= 11 is 0. The van der Waals surface area contributed by atoms with E-state index in [1.165, 1.54) is 4.31 Å². The van der Waals surface area contributed by atoms with Gasteiger partial charge in [-0.15, -0.1) is 0 Å². The number of esters is 1. The molecule has 0 bridgehead atoms. The van der Waals surface area contributed by atoms with Gasteiger partial charge in [0.2, 0.25) is 10.0 Å². The van der Waals surface area contributed by atoms with Gasteiger partial charge in [-0.2, -0.15) is 9.40 Å². The summed E-state index contributed by atoms with van der Waals surface area (Å²) in [5, 5.41) is 4.22. The number of hydrogen-bond donors (Lipinski definition) is 0. The van der Waals surface area contributed by atoms with Crippen molar-refractivity contribution >= 4 is 16.0 Å². The van der Waals surface area contributed by atoms with Crippen LogP contribution in [0.4, 0.5) is 0 Å². The van der Waals surface area contributed by atoms with Crippen molar-refractivity contribution in [2.75, 3.05) is 13.2 Å². The van der Waals surface area contributed by atoms with Gasteiger partial charge in [-0.25, -0.2) is 13.2 Å². The normalized spacial score (nSPS) is 15.1. The molecular formula is C16H19N3O4S. The molecule has 2 aromatic rings. The summed E-state index contributed by atoms with van der Waals surface area (Å²) in [7, 11) is -1.85. The number of aryl methyl sites for hydroxylation is 1. The second-order valence-electron chi connectivity index (χ2n) is 5.52. The highest BCUT2D eigenvalue weighted by Crippen LogP contribution is 2.27. The molecule has 0 saturated heterocycles. The van der Waals surface area contributed by atoms with E-state index in [1.807, 2.05) is 0 Å². The van der Waals surface area contributed by atoms with Gasteiger partial charge in [0.05, 0.1) is 11.5 Å². The number of benzene rings is 1. The molecule has 0 aliphatic carbocycles. The van der Waals surface area contributed by atoms with Crippen LogP contribution >= 0.6 is 0 Å². The van der Waals surface area contributed by atoms with Crippen LogP contribution in [-0.4, -0.2) is 41.6 Å². The van der Waals surface area contributed by atoms with E-state index in [0.717, 1.165) is 5.69 Å². The number of rotatable bonds is 4. The van der Waals surface area contributed by atoms with E-state index in [9.17, 15) is 13.2 Å². The molecule has 8 heteroatoms. The molecule has 0 N–H and O–H groups in total. The summed E-state index contributed by atoms with van der Waals surface area (Å²) in [5.74, 6) is -0.520. The Bertz CT molecular complexity index is 859. The van der Waals surface area contributed by atoms with Gasteiger partial charge in [0.15, 0.2) is 5.69 Å². The molecule has 0 radical (unpaired) electrons. The molecule has 7 nitrogen and oxygen atoms in total. The summed E-state index contributed by atoms with van der Waals surface area (Å²) in [6, 6.07) is 8.29. The summed E-state index contributed by atoms with van der Waals surface area (Å²) < 4.78 is 33.6. The van der Waals surface area contributed by atoms with E-state index in [2.05, 4.69) is 5.10 Å². The second kappa shape index (κ2) is 6.37. The molecule has 1 aromatic heterocycles. The van der Waals surface area contributed by atoms with Crippen molar-refractivity contribution < 1.29 is 17.9 Å². The Labute approximate surface area is 140 Å². The van der Waals surface area contributed by atoms with Gasteiger partial charge in [-0.1, -0.05) is 18.2 Å². The fraction of sp³-hybridized carbons (Fsp3) is 0.375. The first kappa shape index (κ1) is 16.7. The zero-order valence-corrected chi connectivity index (χ0v) is 14.4. The lowest BCUT2D eigenvalue weighted by molar-refractivity contribution is 0.0516. The Morgan fingerprint density at radius 3 is 2.67 bits per heavy atom. The molecule has 24 heavy (non-hydrogen) atoms. The van der Waals surface area contributed by atoms with Crippen molar-refractivity contribution in [3.05, 3.63) is 47.3 Å². The summed E-state index contributed by atoms with van der Waals surface area (Å²) in [6.07, 6.45) is 0.504. The van der Waals surface area contributed by atoms with Crippen LogP contribution in [0.3, 0.4) is 0 Å². The number of aromatic nitrogens is 2. The first-order valence-corrected chi connectivity index (χ1v) is 9.16. The van der Waals surface area contributed by atoms with Crippen LogP contribution in [0.1, 0.15) is 28.7 Å². The first-order valence-electron chi connectivity index (χ1n) is 7.72. The topological polar surface area (TPSA) is 81.5 Å². The molecule has 0 atom stereocenters. The molecule has 128 valence electrons. The van der Waals surface area contributed by atoms with Gasteiger partial charge < -0.3 is 4.74 Å². The minimum Gasteiger partial charge on any atom is -0.461 e. The lowest BCUT2D eigenvalue weighted by Crippen LogP contribution is -2.36. The van der Waals surface area contributed by atoms with Crippen LogP contribution in [0.5, 0.6) is 0 Å². The molecule has 0 unspecified atom stereocenters. The van der Waals surface area contributed by atoms with Gasteiger partial charge in [-0.05, 0) is 19.1 Å². The van der Waals surface area contributed by atoms with E-state index >= 15 is 0 Å². The highest BCUT2D eigenvalue weighted by Gasteiger charge is 2.33. The minimum atomic E-state index is -3.61. The number of hydrogen-bond acceptors (Lipinski definition) is 5. The van der Waals surface area contributed by atoms with E-state index < -0.39 is 16.0 Å². The first-order chi connectivity index (χ1) is 11.4. The van der Waals surface area contributed by atoms with Gasteiger partial charge in [-0.3, -0.25) is 4.68 Å². The Morgan fingerprint density at radius 1 is 1.29 bits per heavy atom. The largest absolute Gasteiger partial charge is 0.461 e. The molecule has 0 saturated carbocycles. The molecule has 1 aliphatic rings. The van der Waals surface area contributed by atoms with Crippen molar-refractivity contribution in [3.63, 3.8) is 0 Å². The third-order valence-corrected chi connectivity index (χ3v) is 5.92. The lowest BCUT2D eigenvalue weighted by Gasteiger charge is -2.26. The quantitative estimate of drug-likeness (QED) is 0.778. The SMILES string of the molecule is CCOC(=O)c1nn(C)c2c1CN(S(=O)(=O)c1ccccc1)CC2. The highest BCUT2D eigenvalue weighted by molar-refractivity contribution is 7.89. The van der Waals surface area contributed by atoms with Crippen LogP contribution in [-0.2, 0) is 34.8 Å². The molecule has 2 heterocycles. The number of ether oxygens (including phenoxy) is 1. The molecule has 0 amide bonds. The molecule has 0 spiro atoms. The number of carbonyl (C=O) groups excluding carboxylic acids is 1. The Morgan fingerprint density at radius 2 is 2.00 bits per heavy atom. The van der Waals surface area contributed by atoms with Crippen molar-refractivity contribution in [3.8, 4) is 0 Å². The fourth-order valence-corrected chi connectivity index (χ4v) is 4.31. The van der Waals surface area contributed by atoms with Crippen LogP contribution < -0.4 is 0 Å². The lowest BCUT2D eigenvalue weighted by atomic mass is 10.1. The van der Waals surface area contributed by atoms with Gasteiger partial charge in [0.1, 0.15) is 0 Å². The van der Waals surface area contributed by atoms with Crippen LogP contribution in [0.15, 0.2) is 35.2 Å².